The van der Waals surface area contributed by atoms with Crippen molar-refractivity contribution in [2.75, 3.05) is 11.9 Å². The predicted octanol–water partition coefficient (Wildman–Crippen LogP) is 4.88. The molecular formula is C27H22F2N4O4. The molecule has 0 aliphatic rings. The van der Waals surface area contributed by atoms with Gasteiger partial charge in [0.2, 0.25) is 0 Å². The zero-order chi connectivity index (χ0) is 26.4. The Morgan fingerprint density at radius 2 is 1.86 bits per heavy atom. The second-order valence-corrected chi connectivity index (χ2v) is 7.59. The van der Waals surface area contributed by atoms with Gasteiger partial charge in [0.15, 0.2) is 17.3 Å². The summed E-state index contributed by atoms with van der Waals surface area (Å²) in [6.45, 7) is 1.91. The first kappa shape index (κ1) is 25.1. The van der Waals surface area contributed by atoms with Crippen molar-refractivity contribution in [3.8, 4) is 22.9 Å². The summed E-state index contributed by atoms with van der Waals surface area (Å²) in [5.41, 5.74) is 5.29. The molecule has 0 aliphatic carbocycles. The second kappa shape index (κ2) is 11.2. The van der Waals surface area contributed by atoms with Gasteiger partial charge in [0.1, 0.15) is 22.8 Å². The van der Waals surface area contributed by atoms with Crippen LogP contribution in [0.2, 0.25) is 0 Å². The molecule has 0 saturated heterocycles. The van der Waals surface area contributed by atoms with Crippen LogP contribution in [0.5, 0.6) is 17.2 Å². The van der Waals surface area contributed by atoms with E-state index in [9.17, 15) is 18.4 Å². The third kappa shape index (κ3) is 5.64. The predicted molar refractivity (Wildman–Crippen MR) is 135 cm³/mol. The number of aromatic nitrogens is 2. The average molecular weight is 504 g/mol. The van der Waals surface area contributed by atoms with Crippen LogP contribution in [0.25, 0.3) is 11.8 Å². The number of ether oxygens (including phenoxy) is 2. The number of hydrogen-bond acceptors (Lipinski definition) is 6. The Hall–Kier alpha value is -4.99. The first-order chi connectivity index (χ1) is 17.9. The van der Waals surface area contributed by atoms with Crippen molar-refractivity contribution in [2.24, 2.45) is 5.73 Å². The van der Waals surface area contributed by atoms with E-state index in [0.29, 0.717) is 11.4 Å². The molecule has 0 unspecified atom stereocenters. The molecule has 37 heavy (non-hydrogen) atoms. The average Bonchev–Trinajstić information content (AvgIpc) is 2.88. The third-order valence-corrected chi connectivity index (χ3v) is 5.15. The van der Waals surface area contributed by atoms with Crippen LogP contribution in [0.15, 0.2) is 84.1 Å². The van der Waals surface area contributed by atoms with Crippen molar-refractivity contribution in [3.63, 3.8) is 0 Å². The van der Waals surface area contributed by atoms with Gasteiger partial charge < -0.3 is 20.5 Å². The summed E-state index contributed by atoms with van der Waals surface area (Å²) in [4.78, 5) is 30.4. The summed E-state index contributed by atoms with van der Waals surface area (Å²) in [5, 5.41) is 2.52. The van der Waals surface area contributed by atoms with E-state index in [4.69, 9.17) is 15.2 Å². The number of anilines is 1. The Kier molecular flexibility index (Phi) is 7.58. The highest BCUT2D eigenvalue weighted by Crippen LogP contribution is 2.29. The van der Waals surface area contributed by atoms with Gasteiger partial charge in [-0.15, -0.1) is 0 Å². The van der Waals surface area contributed by atoms with Gasteiger partial charge in [-0.05, 0) is 73.8 Å². The maximum absolute atomic E-state index is 14.8. The lowest BCUT2D eigenvalue weighted by Gasteiger charge is -2.14. The standard InChI is InChI=1S/C27H22F2N4O4/c1-2-36-24-12-15-33(19-8-5-17(28)6-9-19)27(35)25(24)26(34)32-18-7-10-22(20(29)16-18)37-23-4-3-14-31-21(23)11-13-30/h3-16H,2,30H2,1H3,(H,32,34). The molecule has 2 heterocycles. The molecule has 10 heteroatoms. The zero-order valence-electron chi connectivity index (χ0n) is 19.7. The highest BCUT2D eigenvalue weighted by Gasteiger charge is 2.21. The topological polar surface area (TPSA) is 108 Å². The van der Waals surface area contributed by atoms with Crippen LogP contribution in [0.3, 0.4) is 0 Å². The monoisotopic (exact) mass is 504 g/mol. The number of rotatable bonds is 8. The van der Waals surface area contributed by atoms with Crippen molar-refractivity contribution in [3.05, 3.63) is 113 Å². The molecule has 4 rings (SSSR count). The summed E-state index contributed by atoms with van der Waals surface area (Å²) in [5.74, 6) is -1.80. The summed E-state index contributed by atoms with van der Waals surface area (Å²) >= 11 is 0. The maximum atomic E-state index is 14.8. The Morgan fingerprint density at radius 3 is 2.57 bits per heavy atom. The summed E-state index contributed by atoms with van der Waals surface area (Å²) in [6.07, 6.45) is 5.77. The number of pyridine rings is 2. The smallest absolute Gasteiger partial charge is 0.271 e. The zero-order valence-corrected chi connectivity index (χ0v) is 19.7. The summed E-state index contributed by atoms with van der Waals surface area (Å²) in [6, 6.07) is 13.7. The van der Waals surface area contributed by atoms with E-state index in [1.165, 1.54) is 65.5 Å². The largest absolute Gasteiger partial charge is 0.493 e. The van der Waals surface area contributed by atoms with E-state index in [2.05, 4.69) is 10.3 Å². The molecule has 0 spiro atoms. The normalized spacial score (nSPS) is 10.9. The lowest BCUT2D eigenvalue weighted by molar-refractivity contribution is 0.102. The molecule has 0 aliphatic heterocycles. The molecule has 4 aromatic rings. The molecule has 188 valence electrons. The summed E-state index contributed by atoms with van der Waals surface area (Å²) < 4.78 is 40.5. The molecule has 2 aromatic heterocycles. The first-order valence-electron chi connectivity index (χ1n) is 11.2. The van der Waals surface area contributed by atoms with Crippen molar-refractivity contribution >= 4 is 17.7 Å². The summed E-state index contributed by atoms with van der Waals surface area (Å²) in [7, 11) is 0. The quantitative estimate of drug-likeness (QED) is 0.354. The van der Waals surface area contributed by atoms with Crippen LogP contribution in [0.4, 0.5) is 14.5 Å². The van der Waals surface area contributed by atoms with E-state index in [-0.39, 0.29) is 35.1 Å². The van der Waals surface area contributed by atoms with Crippen LogP contribution in [0, 0.1) is 11.6 Å². The van der Waals surface area contributed by atoms with Gasteiger partial charge in [-0.2, -0.15) is 0 Å². The van der Waals surface area contributed by atoms with E-state index in [1.807, 2.05) is 0 Å². The molecule has 3 N–H and O–H groups in total. The van der Waals surface area contributed by atoms with E-state index in [0.717, 1.165) is 6.07 Å². The molecule has 1 amide bonds. The van der Waals surface area contributed by atoms with Crippen LogP contribution < -0.4 is 26.1 Å². The fourth-order valence-corrected chi connectivity index (χ4v) is 3.49. The van der Waals surface area contributed by atoms with Crippen molar-refractivity contribution < 1.29 is 23.0 Å². The lowest BCUT2D eigenvalue weighted by atomic mass is 10.2. The van der Waals surface area contributed by atoms with E-state index < -0.39 is 23.1 Å². The highest BCUT2D eigenvalue weighted by molar-refractivity contribution is 6.06. The van der Waals surface area contributed by atoms with Crippen LogP contribution in [-0.4, -0.2) is 22.1 Å². The number of carbonyl (C=O) groups is 1. The van der Waals surface area contributed by atoms with Gasteiger partial charge in [0.25, 0.3) is 11.5 Å². The third-order valence-electron chi connectivity index (χ3n) is 5.15. The Labute approximate surface area is 210 Å². The fourth-order valence-electron chi connectivity index (χ4n) is 3.49. The number of halogens is 2. The Bertz CT molecular complexity index is 1520. The number of amides is 1. The highest BCUT2D eigenvalue weighted by atomic mass is 19.1. The van der Waals surface area contributed by atoms with E-state index in [1.54, 1.807) is 25.3 Å². The van der Waals surface area contributed by atoms with Crippen molar-refractivity contribution in [2.45, 2.75) is 6.92 Å². The Morgan fingerprint density at radius 1 is 1.08 bits per heavy atom. The molecule has 2 aromatic carbocycles. The number of hydrogen-bond donors (Lipinski definition) is 2. The van der Waals surface area contributed by atoms with E-state index >= 15 is 0 Å². The minimum absolute atomic E-state index is 0.0563. The number of nitrogens with zero attached hydrogens (tertiary/aromatic N) is 2. The minimum atomic E-state index is -0.805. The number of nitrogens with two attached hydrogens (primary N) is 1. The van der Waals surface area contributed by atoms with Gasteiger partial charge in [-0.3, -0.25) is 19.1 Å². The van der Waals surface area contributed by atoms with Gasteiger partial charge in [-0.1, -0.05) is 0 Å². The molecule has 0 saturated carbocycles. The van der Waals surface area contributed by atoms with Crippen LogP contribution in [-0.2, 0) is 0 Å². The number of carbonyl (C=O) groups excluding carboxylic acids is 1. The molecule has 0 atom stereocenters. The SMILES string of the molecule is CCOc1ccn(-c2ccc(F)cc2)c(=O)c1C(=O)Nc1ccc(Oc2cccnc2C=CN)c(F)c1. The number of nitrogens with one attached hydrogen (secondary N) is 1. The second-order valence-electron chi connectivity index (χ2n) is 7.59. The van der Waals surface area contributed by atoms with Crippen molar-refractivity contribution in [1.29, 1.82) is 0 Å². The fraction of sp³-hybridized carbons (Fsp3) is 0.0741. The maximum Gasteiger partial charge on any atom is 0.271 e. The van der Waals surface area contributed by atoms with Crippen LogP contribution >= 0.6 is 0 Å². The molecule has 0 radical (unpaired) electrons. The van der Waals surface area contributed by atoms with Gasteiger partial charge in [-0.25, -0.2) is 8.78 Å². The first-order valence-corrected chi connectivity index (χ1v) is 11.2. The van der Waals surface area contributed by atoms with Gasteiger partial charge in [0.05, 0.1) is 6.61 Å². The molecule has 0 bridgehead atoms. The Balaban J connectivity index is 1.62. The van der Waals surface area contributed by atoms with Gasteiger partial charge >= 0.3 is 0 Å². The molecule has 8 nitrogen and oxygen atoms in total. The lowest BCUT2D eigenvalue weighted by Crippen LogP contribution is -2.29. The van der Waals surface area contributed by atoms with Gasteiger partial charge in [0, 0.05) is 29.8 Å². The molecule has 0 fully saturated rings. The molecular weight excluding hydrogens is 482 g/mol. The van der Waals surface area contributed by atoms with Crippen molar-refractivity contribution in [1.82, 2.24) is 9.55 Å². The number of benzene rings is 2. The van der Waals surface area contributed by atoms with Crippen LogP contribution in [0.1, 0.15) is 23.0 Å². The minimum Gasteiger partial charge on any atom is -0.493 e.